The molecule has 1 aromatic carbocycles. The number of hydrogen-bond acceptors (Lipinski definition) is 3. The van der Waals surface area contributed by atoms with Crippen LogP contribution in [0, 0.1) is 0 Å². The lowest BCUT2D eigenvalue weighted by molar-refractivity contribution is 0.0927. The van der Waals surface area contributed by atoms with Crippen molar-refractivity contribution in [3.63, 3.8) is 0 Å². The zero-order valence-electron chi connectivity index (χ0n) is 10.0. The molecule has 17 heavy (non-hydrogen) atoms. The molecule has 94 valence electrons. The first kappa shape index (κ1) is 12.9. The topological polar surface area (TPSA) is 32.7 Å². The van der Waals surface area contributed by atoms with Gasteiger partial charge in [0.25, 0.3) is 0 Å². The molecule has 0 amide bonds. The second-order valence-electron chi connectivity index (χ2n) is 4.26. The van der Waals surface area contributed by atoms with E-state index < -0.39 is 0 Å². The smallest absolute Gasteiger partial charge is 0.0702 e. The third kappa shape index (κ3) is 2.81. The number of nitrogens with zero attached hydrogens (tertiary/aromatic N) is 1. The first-order chi connectivity index (χ1) is 8.26. The Morgan fingerprint density at radius 3 is 3.06 bits per heavy atom. The standard InChI is InChI=1S/C13H18BrNO2/c1-2-12-9-17-6-5-15(12)13-4-3-11(14)7-10(13)8-16/h3-4,7,12,16H,2,5-6,8-9H2,1H3. The molecule has 0 spiro atoms. The molecule has 4 heteroatoms. The number of benzene rings is 1. The van der Waals surface area contributed by atoms with E-state index in [0.717, 1.165) is 41.9 Å². The minimum absolute atomic E-state index is 0.0720. The molecule has 1 heterocycles. The Balaban J connectivity index is 2.30. The molecular formula is C13H18BrNO2. The highest BCUT2D eigenvalue weighted by molar-refractivity contribution is 9.10. The van der Waals surface area contributed by atoms with Crippen LogP contribution in [0.4, 0.5) is 5.69 Å². The molecule has 0 bridgehead atoms. The molecule has 0 saturated carbocycles. The van der Waals surface area contributed by atoms with Crippen molar-refractivity contribution < 1.29 is 9.84 Å². The van der Waals surface area contributed by atoms with Crippen LogP contribution in [-0.2, 0) is 11.3 Å². The summed E-state index contributed by atoms with van der Waals surface area (Å²) >= 11 is 3.44. The zero-order valence-corrected chi connectivity index (χ0v) is 11.6. The molecule has 1 aliphatic heterocycles. The van der Waals surface area contributed by atoms with Crippen LogP contribution in [-0.4, -0.2) is 30.9 Å². The Kier molecular flexibility index (Phi) is 4.42. The second kappa shape index (κ2) is 5.85. The molecule has 2 rings (SSSR count). The normalized spacial score (nSPS) is 20.6. The van der Waals surface area contributed by atoms with Crippen LogP contribution >= 0.6 is 15.9 Å². The van der Waals surface area contributed by atoms with Gasteiger partial charge in [-0.25, -0.2) is 0 Å². The Morgan fingerprint density at radius 1 is 1.53 bits per heavy atom. The fourth-order valence-corrected chi connectivity index (χ4v) is 2.68. The van der Waals surface area contributed by atoms with Crippen LogP contribution < -0.4 is 4.90 Å². The van der Waals surface area contributed by atoms with Gasteiger partial charge in [-0.2, -0.15) is 0 Å². The molecule has 0 aromatic heterocycles. The van der Waals surface area contributed by atoms with Crippen LogP contribution in [0.1, 0.15) is 18.9 Å². The van der Waals surface area contributed by atoms with E-state index in [1.54, 1.807) is 0 Å². The zero-order chi connectivity index (χ0) is 12.3. The third-order valence-electron chi connectivity index (χ3n) is 3.22. The summed E-state index contributed by atoms with van der Waals surface area (Å²) in [5.74, 6) is 0. The maximum atomic E-state index is 9.45. The number of halogens is 1. The van der Waals surface area contributed by atoms with Crippen molar-refractivity contribution >= 4 is 21.6 Å². The van der Waals surface area contributed by atoms with Crippen molar-refractivity contribution in [2.24, 2.45) is 0 Å². The van der Waals surface area contributed by atoms with E-state index in [-0.39, 0.29) is 6.61 Å². The van der Waals surface area contributed by atoms with Crippen molar-refractivity contribution in [2.75, 3.05) is 24.7 Å². The maximum absolute atomic E-state index is 9.45. The number of rotatable bonds is 3. The van der Waals surface area contributed by atoms with Gasteiger partial charge in [0.1, 0.15) is 0 Å². The Morgan fingerprint density at radius 2 is 2.35 bits per heavy atom. The number of aliphatic hydroxyl groups excluding tert-OH is 1. The summed E-state index contributed by atoms with van der Waals surface area (Å²) in [5, 5.41) is 9.45. The lowest BCUT2D eigenvalue weighted by Gasteiger charge is -2.38. The minimum atomic E-state index is 0.0720. The van der Waals surface area contributed by atoms with Crippen molar-refractivity contribution in [1.29, 1.82) is 0 Å². The largest absolute Gasteiger partial charge is 0.392 e. The van der Waals surface area contributed by atoms with E-state index in [4.69, 9.17) is 4.74 Å². The van der Waals surface area contributed by atoms with Crippen molar-refractivity contribution in [1.82, 2.24) is 0 Å². The average Bonchev–Trinajstić information content (AvgIpc) is 2.38. The summed E-state index contributed by atoms with van der Waals surface area (Å²) in [6.07, 6.45) is 1.06. The number of anilines is 1. The predicted molar refractivity (Wildman–Crippen MR) is 72.3 cm³/mol. The molecule has 0 aliphatic carbocycles. The van der Waals surface area contributed by atoms with E-state index in [1.165, 1.54) is 0 Å². The predicted octanol–water partition coefficient (Wildman–Crippen LogP) is 2.56. The molecule has 1 fully saturated rings. The van der Waals surface area contributed by atoms with Gasteiger partial charge in [-0.1, -0.05) is 22.9 Å². The third-order valence-corrected chi connectivity index (χ3v) is 3.71. The summed E-state index contributed by atoms with van der Waals surface area (Å²) in [5.41, 5.74) is 2.10. The van der Waals surface area contributed by atoms with E-state index in [2.05, 4.69) is 33.8 Å². The van der Waals surface area contributed by atoms with Gasteiger partial charge < -0.3 is 14.7 Å². The molecule has 1 aliphatic rings. The Labute approximate surface area is 111 Å². The highest BCUT2D eigenvalue weighted by atomic mass is 79.9. The first-order valence-electron chi connectivity index (χ1n) is 6.00. The summed E-state index contributed by atoms with van der Waals surface area (Å²) < 4.78 is 6.51. The minimum Gasteiger partial charge on any atom is -0.392 e. The number of ether oxygens (including phenoxy) is 1. The van der Waals surface area contributed by atoms with Gasteiger partial charge in [0.2, 0.25) is 0 Å². The Bertz CT molecular complexity index is 384. The van der Waals surface area contributed by atoms with Crippen LogP contribution in [0.3, 0.4) is 0 Å². The molecule has 1 unspecified atom stereocenters. The lowest BCUT2D eigenvalue weighted by atomic mass is 10.1. The van der Waals surface area contributed by atoms with Gasteiger partial charge in [0, 0.05) is 22.3 Å². The summed E-state index contributed by atoms with van der Waals surface area (Å²) in [4.78, 5) is 2.35. The fraction of sp³-hybridized carbons (Fsp3) is 0.538. The summed E-state index contributed by atoms with van der Waals surface area (Å²) in [7, 11) is 0. The van der Waals surface area contributed by atoms with Gasteiger partial charge in [-0.3, -0.25) is 0 Å². The van der Waals surface area contributed by atoms with E-state index >= 15 is 0 Å². The van der Waals surface area contributed by atoms with Gasteiger partial charge in [0.15, 0.2) is 0 Å². The molecule has 0 radical (unpaired) electrons. The van der Waals surface area contributed by atoms with Crippen LogP contribution in [0.2, 0.25) is 0 Å². The van der Waals surface area contributed by atoms with Crippen molar-refractivity contribution in [3.05, 3.63) is 28.2 Å². The van der Waals surface area contributed by atoms with Crippen LogP contribution in [0.15, 0.2) is 22.7 Å². The maximum Gasteiger partial charge on any atom is 0.0702 e. The van der Waals surface area contributed by atoms with E-state index in [0.29, 0.717) is 6.04 Å². The van der Waals surface area contributed by atoms with Crippen molar-refractivity contribution in [3.8, 4) is 0 Å². The quantitative estimate of drug-likeness (QED) is 0.931. The molecule has 1 atom stereocenters. The summed E-state index contributed by atoms with van der Waals surface area (Å²) in [6.45, 7) is 4.67. The monoisotopic (exact) mass is 299 g/mol. The second-order valence-corrected chi connectivity index (χ2v) is 5.18. The lowest BCUT2D eigenvalue weighted by Crippen LogP contribution is -2.45. The van der Waals surface area contributed by atoms with Crippen molar-refractivity contribution in [2.45, 2.75) is 26.0 Å². The molecule has 1 N–H and O–H groups in total. The summed E-state index contributed by atoms with van der Waals surface area (Å²) in [6, 6.07) is 6.49. The van der Waals surface area contributed by atoms with Gasteiger partial charge >= 0.3 is 0 Å². The first-order valence-corrected chi connectivity index (χ1v) is 6.79. The van der Waals surface area contributed by atoms with Crippen LogP contribution in [0.5, 0.6) is 0 Å². The molecular weight excluding hydrogens is 282 g/mol. The van der Waals surface area contributed by atoms with Gasteiger partial charge in [0.05, 0.1) is 25.9 Å². The van der Waals surface area contributed by atoms with Crippen LogP contribution in [0.25, 0.3) is 0 Å². The molecule has 1 aromatic rings. The number of hydrogen-bond donors (Lipinski definition) is 1. The average molecular weight is 300 g/mol. The highest BCUT2D eigenvalue weighted by Crippen LogP contribution is 2.28. The highest BCUT2D eigenvalue weighted by Gasteiger charge is 2.23. The van der Waals surface area contributed by atoms with E-state index in [1.807, 2.05) is 12.1 Å². The molecule has 3 nitrogen and oxygen atoms in total. The fourth-order valence-electron chi connectivity index (χ4n) is 2.27. The SMILES string of the molecule is CCC1COCCN1c1ccc(Br)cc1CO. The van der Waals surface area contributed by atoms with Gasteiger partial charge in [-0.15, -0.1) is 0 Å². The number of morpholine rings is 1. The van der Waals surface area contributed by atoms with E-state index in [9.17, 15) is 5.11 Å². The van der Waals surface area contributed by atoms with Gasteiger partial charge in [-0.05, 0) is 24.6 Å². The Hall–Kier alpha value is -0.580. The number of aliphatic hydroxyl groups is 1. The molecule has 1 saturated heterocycles.